The molecule has 0 fully saturated rings. The van der Waals surface area contributed by atoms with Crippen LogP contribution in [0.15, 0.2) is 61.0 Å². The lowest BCUT2D eigenvalue weighted by Crippen LogP contribution is -2.26. The van der Waals surface area contributed by atoms with Crippen molar-refractivity contribution in [1.29, 1.82) is 0 Å². The number of dihydropyridines is 1. The summed E-state index contributed by atoms with van der Waals surface area (Å²) in [4.78, 5) is 0. The summed E-state index contributed by atoms with van der Waals surface area (Å²) in [6, 6.07) is 10.9. The van der Waals surface area contributed by atoms with Crippen LogP contribution in [0.2, 0.25) is 0 Å². The molecule has 5 heteroatoms. The third-order valence-corrected chi connectivity index (χ3v) is 4.45. The molecule has 0 atom stereocenters. The number of rotatable bonds is 5. The maximum absolute atomic E-state index is 13.7. The van der Waals surface area contributed by atoms with Crippen molar-refractivity contribution < 1.29 is 4.39 Å². The molecule has 0 aromatic heterocycles. The van der Waals surface area contributed by atoms with Gasteiger partial charge in [0.05, 0.1) is 6.54 Å². The summed E-state index contributed by atoms with van der Waals surface area (Å²) in [6.45, 7) is 14.5. The molecule has 162 valence electrons. The zero-order valence-electron chi connectivity index (χ0n) is 18.8. The maximum Gasteiger partial charge on any atom is 0.126 e. The van der Waals surface area contributed by atoms with Crippen molar-refractivity contribution in [3.8, 4) is 0 Å². The van der Waals surface area contributed by atoms with Crippen LogP contribution in [-0.4, -0.2) is 6.54 Å². The molecule has 0 saturated heterocycles. The molecule has 2 aromatic carbocycles. The summed E-state index contributed by atoms with van der Waals surface area (Å²) in [5.41, 5.74) is 18.8. The Morgan fingerprint density at radius 1 is 1.10 bits per heavy atom. The summed E-state index contributed by atoms with van der Waals surface area (Å²) in [5, 5.41) is 6.57. The smallest absolute Gasteiger partial charge is 0.126 e. The molecule has 3 rings (SSSR count). The number of halogens is 1. The second kappa shape index (κ2) is 12.5. The molecule has 2 aromatic rings. The van der Waals surface area contributed by atoms with E-state index in [9.17, 15) is 4.39 Å². The van der Waals surface area contributed by atoms with Crippen molar-refractivity contribution in [2.45, 2.75) is 41.2 Å². The van der Waals surface area contributed by atoms with Gasteiger partial charge < -0.3 is 22.1 Å². The van der Waals surface area contributed by atoms with Gasteiger partial charge in [0.1, 0.15) is 5.82 Å². The lowest BCUT2D eigenvalue weighted by molar-refractivity contribution is 0.618. The second-order valence-corrected chi connectivity index (χ2v) is 6.24. The van der Waals surface area contributed by atoms with E-state index in [1.54, 1.807) is 19.2 Å². The van der Waals surface area contributed by atoms with Gasteiger partial charge in [-0.15, -0.1) is 0 Å². The normalized spacial score (nSPS) is 12.4. The van der Waals surface area contributed by atoms with Gasteiger partial charge in [0, 0.05) is 29.2 Å². The van der Waals surface area contributed by atoms with Crippen molar-refractivity contribution in [2.24, 2.45) is 5.73 Å². The lowest BCUT2D eigenvalue weighted by atomic mass is 9.93. The zero-order valence-corrected chi connectivity index (χ0v) is 18.8. The van der Waals surface area contributed by atoms with E-state index in [-0.39, 0.29) is 5.82 Å². The van der Waals surface area contributed by atoms with Crippen LogP contribution in [0, 0.1) is 12.7 Å². The molecule has 0 saturated carbocycles. The Labute approximate surface area is 180 Å². The van der Waals surface area contributed by atoms with E-state index in [4.69, 9.17) is 11.5 Å². The monoisotopic (exact) mass is 410 g/mol. The fraction of sp³-hybridized carbons (Fsp3) is 0.280. The van der Waals surface area contributed by atoms with E-state index in [2.05, 4.69) is 23.3 Å². The summed E-state index contributed by atoms with van der Waals surface area (Å²) in [7, 11) is 0. The van der Waals surface area contributed by atoms with Gasteiger partial charge in [0.2, 0.25) is 0 Å². The third kappa shape index (κ3) is 5.97. The summed E-state index contributed by atoms with van der Waals surface area (Å²) < 4.78 is 13.7. The second-order valence-electron chi connectivity index (χ2n) is 6.24. The number of hydrogen-bond donors (Lipinski definition) is 4. The highest BCUT2D eigenvalue weighted by Gasteiger charge is 2.17. The number of aryl methyl sites for hydroxylation is 1. The standard InChI is InChI=1S/C21H23FN4.2C2H6/c1-3-25-17-10-18(14-5-7-20(24)16(9-14)11-23)21(26-12-17)15-4-6-19(22)13(2)8-15;2*1-2/h3-10,25-26H,1,11-12,23-24H2,2H3;2*1-2H3. The van der Waals surface area contributed by atoms with Crippen molar-refractivity contribution in [2.75, 3.05) is 12.3 Å². The number of benzene rings is 2. The van der Waals surface area contributed by atoms with Gasteiger partial charge in [0.15, 0.2) is 0 Å². The highest BCUT2D eigenvalue weighted by molar-refractivity contribution is 5.96. The van der Waals surface area contributed by atoms with Gasteiger partial charge in [-0.3, -0.25) is 0 Å². The van der Waals surface area contributed by atoms with Crippen LogP contribution >= 0.6 is 0 Å². The van der Waals surface area contributed by atoms with Crippen molar-refractivity contribution in [3.05, 3.63) is 89.0 Å². The highest BCUT2D eigenvalue weighted by atomic mass is 19.1. The molecule has 1 heterocycles. The van der Waals surface area contributed by atoms with Crippen LogP contribution in [0.4, 0.5) is 10.1 Å². The molecule has 4 nitrogen and oxygen atoms in total. The molecule has 0 unspecified atom stereocenters. The minimum absolute atomic E-state index is 0.214. The Balaban J connectivity index is 0.00000106. The Bertz CT molecular complexity index is 913. The first-order chi connectivity index (χ1) is 14.5. The molecular formula is C25H35FN4. The van der Waals surface area contributed by atoms with E-state index in [0.717, 1.165) is 33.7 Å². The molecule has 30 heavy (non-hydrogen) atoms. The molecule has 1 aliphatic rings. The highest BCUT2D eigenvalue weighted by Crippen LogP contribution is 2.31. The van der Waals surface area contributed by atoms with Crippen LogP contribution in [0.25, 0.3) is 11.3 Å². The minimum atomic E-state index is -0.214. The average Bonchev–Trinajstić information content (AvgIpc) is 2.79. The number of nitrogens with one attached hydrogen (secondary N) is 2. The summed E-state index contributed by atoms with van der Waals surface area (Å²) >= 11 is 0. The zero-order chi connectivity index (χ0) is 22.7. The van der Waals surface area contributed by atoms with Gasteiger partial charge in [-0.05, 0) is 71.8 Å². The largest absolute Gasteiger partial charge is 0.398 e. The fourth-order valence-electron chi connectivity index (χ4n) is 3.04. The lowest BCUT2D eigenvalue weighted by Gasteiger charge is -2.24. The molecule has 6 N–H and O–H groups in total. The van der Waals surface area contributed by atoms with Crippen LogP contribution in [0.5, 0.6) is 0 Å². The summed E-state index contributed by atoms with van der Waals surface area (Å²) in [5.74, 6) is -0.214. The van der Waals surface area contributed by atoms with Crippen LogP contribution in [0.3, 0.4) is 0 Å². The topological polar surface area (TPSA) is 76.1 Å². The Hall–Kier alpha value is -3.05. The predicted molar refractivity (Wildman–Crippen MR) is 129 cm³/mol. The fourth-order valence-corrected chi connectivity index (χ4v) is 3.04. The third-order valence-electron chi connectivity index (χ3n) is 4.45. The number of nitrogen functional groups attached to an aromatic ring is 1. The van der Waals surface area contributed by atoms with Gasteiger partial charge in [-0.1, -0.05) is 40.3 Å². The van der Waals surface area contributed by atoms with Gasteiger partial charge >= 0.3 is 0 Å². The molecular weight excluding hydrogens is 375 g/mol. The van der Waals surface area contributed by atoms with Crippen LogP contribution in [0.1, 0.15) is 49.9 Å². The van der Waals surface area contributed by atoms with E-state index < -0.39 is 0 Å². The Morgan fingerprint density at radius 2 is 1.77 bits per heavy atom. The molecule has 0 radical (unpaired) electrons. The molecule has 0 amide bonds. The number of anilines is 1. The summed E-state index contributed by atoms with van der Waals surface area (Å²) in [6.07, 6.45) is 3.71. The van der Waals surface area contributed by atoms with Crippen molar-refractivity contribution >= 4 is 17.0 Å². The first-order valence-electron chi connectivity index (χ1n) is 10.4. The average molecular weight is 411 g/mol. The molecule has 0 spiro atoms. The SMILES string of the molecule is C=CNC1=CC(c2ccc(N)c(CN)c2)=C(c2ccc(F)c(C)c2)NC1.CC.CC. The quantitative estimate of drug-likeness (QED) is 0.504. The first-order valence-corrected chi connectivity index (χ1v) is 10.4. The van der Waals surface area contributed by atoms with Gasteiger partial charge in [0.25, 0.3) is 0 Å². The van der Waals surface area contributed by atoms with E-state index in [0.29, 0.717) is 24.3 Å². The van der Waals surface area contributed by atoms with Gasteiger partial charge in [-0.25, -0.2) is 4.39 Å². The number of hydrogen-bond acceptors (Lipinski definition) is 4. The van der Waals surface area contributed by atoms with Crippen LogP contribution in [-0.2, 0) is 6.54 Å². The molecule has 0 bridgehead atoms. The maximum atomic E-state index is 13.7. The molecule has 1 aliphatic heterocycles. The predicted octanol–water partition coefficient (Wildman–Crippen LogP) is 5.32. The Morgan fingerprint density at radius 3 is 2.37 bits per heavy atom. The van der Waals surface area contributed by atoms with Crippen molar-refractivity contribution in [1.82, 2.24) is 10.6 Å². The van der Waals surface area contributed by atoms with E-state index in [1.165, 1.54) is 6.07 Å². The van der Waals surface area contributed by atoms with E-state index >= 15 is 0 Å². The Kier molecular flexibility index (Phi) is 10.4. The number of allylic oxidation sites excluding steroid dienone is 2. The van der Waals surface area contributed by atoms with E-state index in [1.807, 2.05) is 52.0 Å². The van der Waals surface area contributed by atoms with Crippen molar-refractivity contribution in [3.63, 3.8) is 0 Å². The van der Waals surface area contributed by atoms with Gasteiger partial charge in [-0.2, -0.15) is 0 Å². The molecule has 0 aliphatic carbocycles. The number of nitrogens with two attached hydrogens (primary N) is 2. The minimum Gasteiger partial charge on any atom is -0.398 e. The van der Waals surface area contributed by atoms with Crippen LogP contribution < -0.4 is 22.1 Å². The first kappa shape index (κ1) is 25.0.